The number of nitrogens with zero attached hydrogens (tertiary/aromatic N) is 1. The van der Waals surface area contributed by atoms with Gasteiger partial charge in [0.25, 0.3) is 5.91 Å². The zero-order valence-electron chi connectivity index (χ0n) is 17.0. The van der Waals surface area contributed by atoms with E-state index in [9.17, 15) is 9.59 Å². The van der Waals surface area contributed by atoms with Crippen molar-refractivity contribution < 1.29 is 19.1 Å². The van der Waals surface area contributed by atoms with Gasteiger partial charge in [-0.2, -0.15) is 0 Å². The summed E-state index contributed by atoms with van der Waals surface area (Å²) in [6, 6.07) is 12.7. The molecule has 0 spiro atoms. The van der Waals surface area contributed by atoms with Gasteiger partial charge in [0.1, 0.15) is 17.1 Å². The van der Waals surface area contributed by atoms with Crippen molar-refractivity contribution in [2.45, 2.75) is 44.8 Å². The molecular formula is C23H26N2O4. The fraction of sp³-hybridized carbons (Fsp3) is 0.391. The smallest absolute Gasteiger partial charge is 0.251 e. The third-order valence-electron chi connectivity index (χ3n) is 5.50. The Morgan fingerprint density at radius 2 is 1.97 bits per heavy atom. The van der Waals surface area contributed by atoms with E-state index in [0.717, 1.165) is 35.7 Å². The van der Waals surface area contributed by atoms with Gasteiger partial charge in [0, 0.05) is 42.3 Å². The zero-order chi connectivity index (χ0) is 20.6. The minimum Gasteiger partial charge on any atom is -0.497 e. The highest BCUT2D eigenvalue weighted by molar-refractivity contribution is 5.97. The van der Waals surface area contributed by atoms with Gasteiger partial charge in [-0.05, 0) is 56.7 Å². The van der Waals surface area contributed by atoms with Crippen LogP contribution in [0.15, 0.2) is 42.5 Å². The maximum atomic E-state index is 12.9. The second kappa shape index (κ2) is 7.43. The molecule has 1 fully saturated rings. The molecule has 2 aromatic rings. The number of hydrogen-bond acceptors (Lipinski definition) is 4. The van der Waals surface area contributed by atoms with Crippen molar-refractivity contribution >= 4 is 17.5 Å². The van der Waals surface area contributed by atoms with Crippen LogP contribution in [0.2, 0.25) is 0 Å². The summed E-state index contributed by atoms with van der Waals surface area (Å²) in [5, 5.41) is 3.14. The maximum Gasteiger partial charge on any atom is 0.251 e. The van der Waals surface area contributed by atoms with Gasteiger partial charge in [-0.15, -0.1) is 0 Å². The minimum atomic E-state index is -0.405. The first kappa shape index (κ1) is 19.3. The van der Waals surface area contributed by atoms with E-state index in [1.807, 2.05) is 44.2 Å². The third-order valence-corrected chi connectivity index (χ3v) is 5.50. The number of rotatable bonds is 4. The van der Waals surface area contributed by atoms with Gasteiger partial charge < -0.3 is 19.7 Å². The average Bonchev–Trinajstić information content (AvgIpc) is 3.12. The summed E-state index contributed by atoms with van der Waals surface area (Å²) >= 11 is 0. The Kier molecular flexibility index (Phi) is 4.94. The number of nitrogens with one attached hydrogen (secondary N) is 1. The Morgan fingerprint density at radius 1 is 1.21 bits per heavy atom. The van der Waals surface area contributed by atoms with Crippen molar-refractivity contribution in [2.24, 2.45) is 0 Å². The molecule has 1 saturated heterocycles. The molecule has 4 rings (SSSR count). The van der Waals surface area contributed by atoms with Crippen LogP contribution < -0.4 is 19.7 Å². The minimum absolute atomic E-state index is 0.138. The van der Waals surface area contributed by atoms with Crippen LogP contribution in [-0.2, 0) is 4.79 Å². The number of amides is 2. The number of fused-ring (bicyclic) bond motifs is 1. The summed E-state index contributed by atoms with van der Waals surface area (Å²) in [7, 11) is 1.62. The van der Waals surface area contributed by atoms with Crippen molar-refractivity contribution in [1.29, 1.82) is 0 Å². The summed E-state index contributed by atoms with van der Waals surface area (Å²) in [5.74, 6) is 1.44. The lowest BCUT2D eigenvalue weighted by Crippen LogP contribution is -2.41. The molecule has 2 aromatic carbocycles. The molecule has 6 nitrogen and oxygen atoms in total. The Balaban J connectivity index is 1.53. The summed E-state index contributed by atoms with van der Waals surface area (Å²) in [6.45, 7) is 4.76. The van der Waals surface area contributed by atoms with Crippen LogP contribution in [0.5, 0.6) is 11.5 Å². The standard InChI is InChI=1S/C23H26N2O4/c1-23(2)14-19(18-11-10-17(28-3)13-20(18)29-23)24-22(27)15-6-8-16(9-7-15)25-12-4-5-21(25)26/h6-11,13,19H,4-5,12,14H2,1-3H3,(H,24,27)/t19-/m1/s1. The van der Waals surface area contributed by atoms with E-state index >= 15 is 0 Å². The number of methoxy groups -OCH3 is 1. The molecule has 0 unspecified atom stereocenters. The molecule has 6 heteroatoms. The van der Waals surface area contributed by atoms with Crippen molar-refractivity contribution in [3.63, 3.8) is 0 Å². The third kappa shape index (κ3) is 3.92. The first-order valence-electron chi connectivity index (χ1n) is 9.94. The van der Waals surface area contributed by atoms with Crippen LogP contribution >= 0.6 is 0 Å². The van der Waals surface area contributed by atoms with Gasteiger partial charge in [0.2, 0.25) is 5.91 Å². The summed E-state index contributed by atoms with van der Waals surface area (Å²) in [4.78, 5) is 26.6. The van der Waals surface area contributed by atoms with E-state index < -0.39 is 5.60 Å². The van der Waals surface area contributed by atoms with Gasteiger partial charge in [-0.1, -0.05) is 0 Å². The molecule has 0 saturated carbocycles. The van der Waals surface area contributed by atoms with Crippen molar-refractivity contribution in [2.75, 3.05) is 18.6 Å². The average molecular weight is 394 g/mol. The molecule has 2 aliphatic heterocycles. The molecule has 0 radical (unpaired) electrons. The molecule has 152 valence electrons. The first-order valence-corrected chi connectivity index (χ1v) is 9.94. The number of carbonyl (C=O) groups excluding carboxylic acids is 2. The predicted molar refractivity (Wildman–Crippen MR) is 111 cm³/mol. The van der Waals surface area contributed by atoms with Gasteiger partial charge in [-0.25, -0.2) is 0 Å². The molecule has 1 N–H and O–H groups in total. The SMILES string of the molecule is COc1ccc2c(c1)OC(C)(C)C[C@H]2NC(=O)c1ccc(N2CCCC2=O)cc1. The van der Waals surface area contributed by atoms with Crippen LogP contribution in [0.4, 0.5) is 5.69 Å². The Bertz CT molecular complexity index is 936. The van der Waals surface area contributed by atoms with Gasteiger partial charge >= 0.3 is 0 Å². The van der Waals surface area contributed by atoms with Crippen LogP contribution in [-0.4, -0.2) is 31.1 Å². The van der Waals surface area contributed by atoms with E-state index in [0.29, 0.717) is 18.4 Å². The topological polar surface area (TPSA) is 67.9 Å². The van der Waals surface area contributed by atoms with Crippen molar-refractivity contribution in [3.05, 3.63) is 53.6 Å². The Hall–Kier alpha value is -3.02. The van der Waals surface area contributed by atoms with Crippen molar-refractivity contribution in [3.8, 4) is 11.5 Å². The molecular weight excluding hydrogens is 368 g/mol. The van der Waals surface area contributed by atoms with E-state index in [4.69, 9.17) is 9.47 Å². The first-order chi connectivity index (χ1) is 13.9. The lowest BCUT2D eigenvalue weighted by molar-refractivity contribution is -0.117. The van der Waals surface area contributed by atoms with Crippen LogP contribution in [0.25, 0.3) is 0 Å². The normalized spacial score (nSPS) is 20.0. The molecule has 0 aliphatic carbocycles. The highest BCUT2D eigenvalue weighted by atomic mass is 16.5. The highest BCUT2D eigenvalue weighted by Crippen LogP contribution is 2.41. The molecule has 29 heavy (non-hydrogen) atoms. The van der Waals surface area contributed by atoms with E-state index in [-0.39, 0.29) is 17.9 Å². The highest BCUT2D eigenvalue weighted by Gasteiger charge is 2.35. The zero-order valence-corrected chi connectivity index (χ0v) is 17.0. The monoisotopic (exact) mass is 394 g/mol. The lowest BCUT2D eigenvalue weighted by atomic mass is 9.89. The molecule has 2 amide bonds. The number of ether oxygens (including phenoxy) is 2. The van der Waals surface area contributed by atoms with E-state index in [1.54, 1.807) is 24.1 Å². The summed E-state index contributed by atoms with van der Waals surface area (Å²) < 4.78 is 11.4. The number of anilines is 1. The van der Waals surface area contributed by atoms with Gasteiger partial charge in [0.05, 0.1) is 13.2 Å². The van der Waals surface area contributed by atoms with Gasteiger partial charge in [0.15, 0.2) is 0 Å². The second-order valence-electron chi connectivity index (χ2n) is 8.19. The fourth-order valence-electron chi connectivity index (χ4n) is 4.04. The van der Waals surface area contributed by atoms with Crippen LogP contribution in [0, 0.1) is 0 Å². The second-order valence-corrected chi connectivity index (χ2v) is 8.19. The van der Waals surface area contributed by atoms with Crippen LogP contribution in [0.1, 0.15) is 55.1 Å². The quantitative estimate of drug-likeness (QED) is 0.855. The molecule has 2 aliphatic rings. The number of hydrogen-bond donors (Lipinski definition) is 1. The number of benzene rings is 2. The summed E-state index contributed by atoms with van der Waals surface area (Å²) in [6.07, 6.45) is 2.13. The van der Waals surface area contributed by atoms with Gasteiger partial charge in [-0.3, -0.25) is 9.59 Å². The molecule has 2 heterocycles. The van der Waals surface area contributed by atoms with E-state index in [1.165, 1.54) is 0 Å². The lowest BCUT2D eigenvalue weighted by Gasteiger charge is -2.38. The molecule has 0 aromatic heterocycles. The van der Waals surface area contributed by atoms with Crippen LogP contribution in [0.3, 0.4) is 0 Å². The van der Waals surface area contributed by atoms with Crippen molar-refractivity contribution in [1.82, 2.24) is 5.32 Å². The Labute approximate surface area is 170 Å². The van der Waals surface area contributed by atoms with E-state index in [2.05, 4.69) is 5.32 Å². The maximum absolute atomic E-state index is 12.9. The summed E-state index contributed by atoms with van der Waals surface area (Å²) in [5.41, 5.74) is 1.95. The largest absolute Gasteiger partial charge is 0.497 e. The number of carbonyl (C=O) groups is 2. The predicted octanol–water partition coefficient (Wildman–Crippen LogP) is 3.85. The Morgan fingerprint density at radius 3 is 2.62 bits per heavy atom. The molecule has 1 atom stereocenters. The molecule has 0 bridgehead atoms. The fourth-order valence-corrected chi connectivity index (χ4v) is 4.04.